The maximum atomic E-state index is 12.1. The van der Waals surface area contributed by atoms with E-state index in [9.17, 15) is 9.00 Å². The van der Waals surface area contributed by atoms with Gasteiger partial charge in [-0.1, -0.05) is 35.9 Å². The first-order valence-electron chi connectivity index (χ1n) is 5.96. The van der Waals surface area contributed by atoms with Crippen molar-refractivity contribution in [1.29, 1.82) is 0 Å². The predicted molar refractivity (Wildman–Crippen MR) is 80.4 cm³/mol. The summed E-state index contributed by atoms with van der Waals surface area (Å²) in [6.45, 7) is 0. The number of hydrogen-bond donors (Lipinski definition) is 1. The summed E-state index contributed by atoms with van der Waals surface area (Å²) >= 11 is 5.79. The van der Waals surface area contributed by atoms with Crippen LogP contribution in [0.25, 0.3) is 0 Å². The summed E-state index contributed by atoms with van der Waals surface area (Å²) in [5.41, 5.74) is 1.92. The molecule has 2 aromatic rings. The Kier molecular flexibility index (Phi) is 4.93. The van der Waals surface area contributed by atoms with Crippen LogP contribution in [0.2, 0.25) is 5.02 Å². The van der Waals surface area contributed by atoms with E-state index in [-0.39, 0.29) is 5.56 Å². The van der Waals surface area contributed by atoms with Gasteiger partial charge in [-0.3, -0.25) is 4.21 Å². The number of aromatic carboxylic acids is 1. The van der Waals surface area contributed by atoms with Gasteiger partial charge in [-0.05, 0) is 35.4 Å². The molecule has 2 aromatic carbocycles. The monoisotopic (exact) mass is 308 g/mol. The Morgan fingerprint density at radius 3 is 2.35 bits per heavy atom. The van der Waals surface area contributed by atoms with Crippen LogP contribution in [0.5, 0.6) is 0 Å². The third kappa shape index (κ3) is 4.18. The molecule has 0 heterocycles. The van der Waals surface area contributed by atoms with Crippen LogP contribution >= 0.6 is 11.6 Å². The highest BCUT2D eigenvalue weighted by Gasteiger charge is 2.07. The number of carboxylic acids is 1. The molecule has 0 aromatic heterocycles. The van der Waals surface area contributed by atoms with E-state index >= 15 is 0 Å². The predicted octanol–water partition coefficient (Wildman–Crippen LogP) is 3.49. The van der Waals surface area contributed by atoms with E-state index in [0.717, 1.165) is 11.1 Å². The average Bonchev–Trinajstić information content (AvgIpc) is 2.41. The Balaban J connectivity index is 2.02. The summed E-state index contributed by atoms with van der Waals surface area (Å²) in [6.07, 6.45) is 0. The molecular weight excluding hydrogens is 296 g/mol. The highest BCUT2D eigenvalue weighted by Crippen LogP contribution is 2.14. The number of carboxylic acid groups (broad SMARTS) is 1. The molecular formula is C15H13ClO3S. The first kappa shape index (κ1) is 14.8. The molecule has 5 heteroatoms. The van der Waals surface area contributed by atoms with Gasteiger partial charge in [0.05, 0.1) is 5.56 Å². The molecule has 0 fully saturated rings. The van der Waals surface area contributed by atoms with Gasteiger partial charge >= 0.3 is 5.97 Å². The normalized spacial score (nSPS) is 12.1. The fraction of sp³-hybridized carbons (Fsp3) is 0.133. The first-order chi connectivity index (χ1) is 9.54. The summed E-state index contributed by atoms with van der Waals surface area (Å²) in [4.78, 5) is 10.9. The molecule has 2 rings (SSSR count). The molecule has 0 radical (unpaired) electrons. The van der Waals surface area contributed by atoms with Crippen LogP contribution in [0.1, 0.15) is 21.5 Å². The van der Waals surface area contributed by atoms with Crippen molar-refractivity contribution < 1.29 is 14.1 Å². The summed E-state index contributed by atoms with van der Waals surface area (Å²) < 4.78 is 12.1. The molecule has 20 heavy (non-hydrogen) atoms. The van der Waals surface area contributed by atoms with Crippen molar-refractivity contribution in [3.8, 4) is 0 Å². The quantitative estimate of drug-likeness (QED) is 0.920. The fourth-order valence-electron chi connectivity index (χ4n) is 1.80. The van der Waals surface area contributed by atoms with E-state index in [1.165, 1.54) is 6.07 Å². The number of rotatable bonds is 5. The highest BCUT2D eigenvalue weighted by molar-refractivity contribution is 7.83. The fourth-order valence-corrected chi connectivity index (χ4v) is 3.14. The molecule has 0 aliphatic carbocycles. The number of hydrogen-bond acceptors (Lipinski definition) is 2. The second-order valence-electron chi connectivity index (χ2n) is 4.36. The topological polar surface area (TPSA) is 54.4 Å². The Labute approximate surface area is 124 Å². The van der Waals surface area contributed by atoms with Gasteiger partial charge < -0.3 is 5.11 Å². The van der Waals surface area contributed by atoms with Crippen LogP contribution in [0.15, 0.2) is 48.5 Å². The molecule has 1 unspecified atom stereocenters. The van der Waals surface area contributed by atoms with Crippen LogP contribution < -0.4 is 0 Å². The minimum atomic E-state index is -1.09. The van der Waals surface area contributed by atoms with Crippen LogP contribution in [0, 0.1) is 0 Å². The van der Waals surface area contributed by atoms with Crippen molar-refractivity contribution in [3.05, 3.63) is 70.2 Å². The van der Waals surface area contributed by atoms with Crippen molar-refractivity contribution in [1.82, 2.24) is 0 Å². The molecule has 0 aliphatic rings. The van der Waals surface area contributed by atoms with E-state index in [2.05, 4.69) is 0 Å². The van der Waals surface area contributed by atoms with Crippen molar-refractivity contribution in [2.45, 2.75) is 11.5 Å². The molecule has 104 valence electrons. The molecule has 1 N–H and O–H groups in total. The molecule has 0 aliphatic heterocycles. The van der Waals surface area contributed by atoms with E-state index in [1.54, 1.807) is 30.3 Å². The van der Waals surface area contributed by atoms with E-state index in [0.29, 0.717) is 16.5 Å². The zero-order valence-electron chi connectivity index (χ0n) is 10.6. The van der Waals surface area contributed by atoms with Gasteiger partial charge in [0.25, 0.3) is 0 Å². The van der Waals surface area contributed by atoms with E-state index in [1.807, 2.05) is 12.1 Å². The van der Waals surface area contributed by atoms with Gasteiger partial charge in [-0.2, -0.15) is 0 Å². The SMILES string of the molecule is O=C(O)c1cccc(CS(=O)Cc2ccc(Cl)cc2)c1. The third-order valence-corrected chi connectivity index (χ3v) is 4.31. The zero-order valence-corrected chi connectivity index (χ0v) is 12.2. The maximum absolute atomic E-state index is 12.1. The second kappa shape index (κ2) is 6.68. The van der Waals surface area contributed by atoms with Crippen molar-refractivity contribution in [2.75, 3.05) is 0 Å². The van der Waals surface area contributed by atoms with Gasteiger partial charge in [0.2, 0.25) is 0 Å². The lowest BCUT2D eigenvalue weighted by Crippen LogP contribution is -2.02. The summed E-state index contributed by atoms with van der Waals surface area (Å²) in [7, 11) is -1.09. The van der Waals surface area contributed by atoms with Gasteiger partial charge in [0.1, 0.15) is 0 Å². The van der Waals surface area contributed by atoms with Gasteiger partial charge in [-0.15, -0.1) is 0 Å². The lowest BCUT2D eigenvalue weighted by molar-refractivity contribution is 0.0696. The first-order valence-corrected chi connectivity index (χ1v) is 7.83. The number of benzene rings is 2. The number of carbonyl (C=O) groups is 1. The Bertz CT molecular complexity index is 638. The van der Waals surface area contributed by atoms with Crippen molar-refractivity contribution in [2.24, 2.45) is 0 Å². The largest absolute Gasteiger partial charge is 0.478 e. The summed E-state index contributed by atoms with van der Waals surface area (Å²) in [5, 5.41) is 9.56. The van der Waals surface area contributed by atoms with Gasteiger partial charge in [0, 0.05) is 27.3 Å². The summed E-state index contributed by atoms with van der Waals surface area (Å²) in [6, 6.07) is 13.7. The molecule has 0 spiro atoms. The molecule has 0 saturated heterocycles. The minimum absolute atomic E-state index is 0.214. The lowest BCUT2D eigenvalue weighted by atomic mass is 10.1. The average molecular weight is 309 g/mol. The zero-order chi connectivity index (χ0) is 14.5. The van der Waals surface area contributed by atoms with Crippen LogP contribution in [0.3, 0.4) is 0 Å². The lowest BCUT2D eigenvalue weighted by Gasteiger charge is -2.04. The summed E-state index contributed by atoms with van der Waals surface area (Å²) in [5.74, 6) is -0.214. The molecule has 0 amide bonds. The van der Waals surface area contributed by atoms with E-state index in [4.69, 9.17) is 16.7 Å². The Morgan fingerprint density at radius 1 is 1.05 bits per heavy atom. The molecule has 0 saturated carbocycles. The van der Waals surface area contributed by atoms with Gasteiger partial charge in [0.15, 0.2) is 0 Å². The molecule has 3 nitrogen and oxygen atoms in total. The Hall–Kier alpha value is -1.65. The minimum Gasteiger partial charge on any atom is -0.478 e. The van der Waals surface area contributed by atoms with Crippen LogP contribution in [0.4, 0.5) is 0 Å². The molecule has 0 bridgehead atoms. The highest BCUT2D eigenvalue weighted by atomic mass is 35.5. The Morgan fingerprint density at radius 2 is 1.70 bits per heavy atom. The standard InChI is InChI=1S/C15H13ClO3S/c16-14-6-4-11(5-7-14)9-20(19)10-12-2-1-3-13(8-12)15(17)18/h1-8H,9-10H2,(H,17,18). The van der Waals surface area contributed by atoms with E-state index < -0.39 is 16.8 Å². The number of halogens is 1. The smallest absolute Gasteiger partial charge is 0.335 e. The maximum Gasteiger partial charge on any atom is 0.335 e. The van der Waals surface area contributed by atoms with Crippen molar-refractivity contribution >= 4 is 28.4 Å². The third-order valence-electron chi connectivity index (χ3n) is 2.74. The van der Waals surface area contributed by atoms with Gasteiger partial charge in [-0.25, -0.2) is 4.79 Å². The second-order valence-corrected chi connectivity index (χ2v) is 6.25. The van der Waals surface area contributed by atoms with Crippen LogP contribution in [-0.4, -0.2) is 15.3 Å². The molecule has 1 atom stereocenters. The van der Waals surface area contributed by atoms with Crippen LogP contribution in [-0.2, 0) is 22.3 Å². The van der Waals surface area contributed by atoms with Crippen molar-refractivity contribution in [3.63, 3.8) is 0 Å².